The Kier molecular flexibility index (Phi) is 27.8. The first-order valence-electron chi connectivity index (χ1n) is 14.8. The molecule has 0 aliphatic heterocycles. The van der Waals surface area contributed by atoms with Gasteiger partial charge < -0.3 is 4.79 Å². The predicted molar refractivity (Wildman–Crippen MR) is 141 cm³/mol. The lowest BCUT2D eigenvalue weighted by atomic mass is 10.0. The molecule has 0 aliphatic rings. The van der Waals surface area contributed by atoms with E-state index in [9.17, 15) is 9.59 Å². The second-order valence-corrected chi connectivity index (χ2v) is 10.1. The van der Waals surface area contributed by atoms with Crippen LogP contribution in [-0.2, 0) is 9.59 Å². The minimum absolute atomic E-state index is 0.495. The zero-order valence-corrected chi connectivity index (χ0v) is 22.0. The fraction of sp³-hybridized carbons (Fsp3) is 0.933. The topological polar surface area (TPSA) is 34.1 Å². The third kappa shape index (κ3) is 27.4. The van der Waals surface area contributed by atoms with E-state index < -0.39 is 0 Å². The largest absolute Gasteiger partial charge is 0.303 e. The molecule has 32 heavy (non-hydrogen) atoms. The van der Waals surface area contributed by atoms with Crippen molar-refractivity contribution in [1.82, 2.24) is 0 Å². The van der Waals surface area contributed by atoms with Crippen LogP contribution in [0.4, 0.5) is 0 Å². The number of hydrogen-bond acceptors (Lipinski definition) is 2. The van der Waals surface area contributed by atoms with Crippen LogP contribution < -0.4 is 0 Å². The van der Waals surface area contributed by atoms with Crippen molar-refractivity contribution in [2.45, 2.75) is 180 Å². The molecule has 0 saturated carbocycles. The van der Waals surface area contributed by atoms with Crippen LogP contribution in [0.15, 0.2) is 0 Å². The normalized spacial score (nSPS) is 11.2. The summed E-state index contributed by atoms with van der Waals surface area (Å²) in [5.74, 6) is 0.495. The van der Waals surface area contributed by atoms with Gasteiger partial charge in [-0.2, -0.15) is 0 Å². The summed E-state index contributed by atoms with van der Waals surface area (Å²) in [5, 5.41) is 0. The Morgan fingerprint density at radius 2 is 0.719 bits per heavy atom. The van der Waals surface area contributed by atoms with Crippen LogP contribution >= 0.6 is 0 Å². The van der Waals surface area contributed by atoms with Gasteiger partial charge in [-0.3, -0.25) is 4.79 Å². The van der Waals surface area contributed by atoms with Gasteiger partial charge in [-0.15, -0.1) is 0 Å². The number of Topliss-reactive ketones (excluding diaryl/α,β-unsaturated/α-hetero) is 1. The van der Waals surface area contributed by atoms with Crippen LogP contribution in [0.3, 0.4) is 0 Å². The highest BCUT2D eigenvalue weighted by Crippen LogP contribution is 2.15. The van der Waals surface area contributed by atoms with Gasteiger partial charge >= 0.3 is 0 Å². The summed E-state index contributed by atoms with van der Waals surface area (Å²) in [7, 11) is 0. The van der Waals surface area contributed by atoms with Gasteiger partial charge in [0, 0.05) is 19.3 Å². The number of carbonyl (C=O) groups excluding carboxylic acids is 2. The van der Waals surface area contributed by atoms with E-state index >= 15 is 0 Å². The molecule has 190 valence electrons. The molecule has 0 rings (SSSR count). The zero-order valence-electron chi connectivity index (χ0n) is 22.0. The fourth-order valence-electron chi connectivity index (χ4n) is 4.61. The minimum Gasteiger partial charge on any atom is -0.303 e. The molecule has 0 heterocycles. The monoisotopic (exact) mass is 450 g/mol. The fourth-order valence-corrected chi connectivity index (χ4v) is 4.61. The van der Waals surface area contributed by atoms with Crippen molar-refractivity contribution in [2.24, 2.45) is 0 Å². The van der Waals surface area contributed by atoms with E-state index in [0.29, 0.717) is 5.78 Å². The second kappa shape index (κ2) is 28.4. The molecule has 0 bridgehead atoms. The maximum absolute atomic E-state index is 12.0. The van der Waals surface area contributed by atoms with Crippen molar-refractivity contribution in [3.8, 4) is 0 Å². The van der Waals surface area contributed by atoms with Crippen molar-refractivity contribution in [2.75, 3.05) is 0 Å². The Balaban J connectivity index is 3.14. The number of aldehydes is 1. The molecule has 0 saturated heterocycles. The van der Waals surface area contributed by atoms with Crippen LogP contribution in [0.25, 0.3) is 0 Å². The summed E-state index contributed by atoms with van der Waals surface area (Å²) in [6.07, 6.45) is 35.1. The Hall–Kier alpha value is -0.660. The molecule has 2 nitrogen and oxygen atoms in total. The lowest BCUT2D eigenvalue weighted by molar-refractivity contribution is -0.119. The van der Waals surface area contributed by atoms with Gasteiger partial charge in [0.25, 0.3) is 0 Å². The summed E-state index contributed by atoms with van der Waals surface area (Å²) in [6, 6.07) is 0. The Labute approximate surface area is 202 Å². The average Bonchev–Trinajstić information content (AvgIpc) is 2.80. The molecule has 0 fully saturated rings. The SMILES string of the molecule is CCCCCCCCCCCCCCCCCC(=O)CCCCCCCCCCCC=O. The summed E-state index contributed by atoms with van der Waals surface area (Å²) >= 11 is 0. The molecule has 0 aliphatic carbocycles. The molecule has 2 heteroatoms. The van der Waals surface area contributed by atoms with Gasteiger partial charge in [-0.1, -0.05) is 142 Å². The highest BCUT2D eigenvalue weighted by Gasteiger charge is 2.02. The van der Waals surface area contributed by atoms with E-state index in [1.807, 2.05) is 0 Å². The molecule has 0 N–H and O–H groups in total. The number of hydrogen-bond donors (Lipinski definition) is 0. The van der Waals surface area contributed by atoms with E-state index in [-0.39, 0.29) is 0 Å². The quantitative estimate of drug-likeness (QED) is 0.0877. The summed E-state index contributed by atoms with van der Waals surface area (Å²) < 4.78 is 0. The maximum Gasteiger partial charge on any atom is 0.132 e. The molecule has 0 atom stereocenters. The van der Waals surface area contributed by atoms with Gasteiger partial charge in [-0.25, -0.2) is 0 Å². The number of carbonyl (C=O) groups is 2. The van der Waals surface area contributed by atoms with Crippen molar-refractivity contribution in [3.05, 3.63) is 0 Å². The third-order valence-corrected chi connectivity index (χ3v) is 6.84. The van der Waals surface area contributed by atoms with E-state index in [1.165, 1.54) is 135 Å². The standard InChI is InChI=1S/C30H58O2/c1-2-3-4-5-6-7-8-9-10-11-12-15-18-21-24-27-30(32)28-25-22-19-16-13-14-17-20-23-26-29-31/h29H,2-28H2,1H3. The van der Waals surface area contributed by atoms with Crippen LogP contribution in [0, 0.1) is 0 Å². The van der Waals surface area contributed by atoms with E-state index in [0.717, 1.165) is 44.8 Å². The molecule has 0 radical (unpaired) electrons. The molecule has 0 aromatic carbocycles. The van der Waals surface area contributed by atoms with Crippen molar-refractivity contribution >= 4 is 12.1 Å². The minimum atomic E-state index is 0.495. The van der Waals surface area contributed by atoms with Crippen LogP contribution in [-0.4, -0.2) is 12.1 Å². The van der Waals surface area contributed by atoms with Crippen LogP contribution in [0.1, 0.15) is 180 Å². The molecule has 0 spiro atoms. The van der Waals surface area contributed by atoms with E-state index in [2.05, 4.69) is 6.92 Å². The second-order valence-electron chi connectivity index (χ2n) is 10.1. The number of ketones is 1. The Bertz CT molecular complexity index is 377. The first-order chi connectivity index (χ1) is 15.8. The molecule has 0 amide bonds. The van der Waals surface area contributed by atoms with Crippen molar-refractivity contribution in [1.29, 1.82) is 0 Å². The molecule has 0 unspecified atom stereocenters. The lowest BCUT2D eigenvalue weighted by Crippen LogP contribution is -1.97. The number of rotatable bonds is 28. The number of unbranched alkanes of at least 4 members (excludes halogenated alkanes) is 23. The maximum atomic E-state index is 12.0. The summed E-state index contributed by atoms with van der Waals surface area (Å²) in [5.41, 5.74) is 0. The van der Waals surface area contributed by atoms with E-state index in [1.54, 1.807) is 0 Å². The molecule has 0 aromatic heterocycles. The molecule has 0 aromatic rings. The lowest BCUT2D eigenvalue weighted by Gasteiger charge is -2.04. The zero-order chi connectivity index (χ0) is 23.4. The first kappa shape index (κ1) is 31.3. The molecular weight excluding hydrogens is 392 g/mol. The van der Waals surface area contributed by atoms with Gasteiger partial charge in [-0.05, 0) is 19.3 Å². The highest BCUT2D eigenvalue weighted by atomic mass is 16.1. The van der Waals surface area contributed by atoms with Gasteiger partial charge in [0.2, 0.25) is 0 Å². The van der Waals surface area contributed by atoms with Crippen molar-refractivity contribution in [3.63, 3.8) is 0 Å². The smallest absolute Gasteiger partial charge is 0.132 e. The summed E-state index contributed by atoms with van der Waals surface area (Å²) in [6.45, 7) is 2.29. The average molecular weight is 451 g/mol. The highest BCUT2D eigenvalue weighted by molar-refractivity contribution is 5.78. The molecular formula is C30H58O2. The van der Waals surface area contributed by atoms with Crippen molar-refractivity contribution < 1.29 is 9.59 Å². The van der Waals surface area contributed by atoms with E-state index in [4.69, 9.17) is 0 Å². The van der Waals surface area contributed by atoms with Gasteiger partial charge in [0.05, 0.1) is 0 Å². The van der Waals surface area contributed by atoms with Gasteiger partial charge in [0.1, 0.15) is 12.1 Å². The third-order valence-electron chi connectivity index (χ3n) is 6.84. The Morgan fingerprint density at radius 3 is 1.03 bits per heavy atom. The van der Waals surface area contributed by atoms with Crippen LogP contribution in [0.5, 0.6) is 0 Å². The van der Waals surface area contributed by atoms with Crippen LogP contribution in [0.2, 0.25) is 0 Å². The predicted octanol–water partition coefficient (Wildman–Crippen LogP) is 10.3. The Morgan fingerprint density at radius 1 is 0.438 bits per heavy atom. The first-order valence-corrected chi connectivity index (χ1v) is 14.8. The van der Waals surface area contributed by atoms with Gasteiger partial charge in [0.15, 0.2) is 0 Å². The summed E-state index contributed by atoms with van der Waals surface area (Å²) in [4.78, 5) is 22.3.